The summed E-state index contributed by atoms with van der Waals surface area (Å²) in [6, 6.07) is 17.1. The molecule has 0 aliphatic heterocycles. The van der Waals surface area contributed by atoms with E-state index in [0.717, 1.165) is 11.1 Å². The Balaban J connectivity index is 2.12. The summed E-state index contributed by atoms with van der Waals surface area (Å²) in [6.45, 7) is 0. The van der Waals surface area contributed by atoms with Crippen LogP contribution in [0.1, 0.15) is 27.9 Å². The molecule has 3 rings (SSSR count). The van der Waals surface area contributed by atoms with Crippen LogP contribution in [0.2, 0.25) is 0 Å². The first-order valence-corrected chi connectivity index (χ1v) is 6.92. The topological polar surface area (TPSA) is 43.4 Å². The number of Topliss-reactive ketones (excluding diaryl/α,β-unsaturated/α-hetero) is 1. The van der Waals surface area contributed by atoms with E-state index in [-0.39, 0.29) is 18.2 Å². The van der Waals surface area contributed by atoms with Crippen LogP contribution in [0.4, 0.5) is 0 Å². The SMILES string of the molecule is COC(=O)C1(Cc2ccccc2)CC(=O)c2ccccc21. The van der Waals surface area contributed by atoms with Gasteiger partial charge in [0.05, 0.1) is 7.11 Å². The normalized spacial score (nSPS) is 20.1. The molecule has 0 saturated carbocycles. The van der Waals surface area contributed by atoms with Crippen LogP contribution in [0.15, 0.2) is 54.6 Å². The average molecular weight is 280 g/mol. The largest absolute Gasteiger partial charge is 0.468 e. The second-order valence-corrected chi connectivity index (χ2v) is 5.38. The fourth-order valence-electron chi connectivity index (χ4n) is 3.16. The van der Waals surface area contributed by atoms with Crippen LogP contribution in [-0.2, 0) is 21.4 Å². The predicted octanol–water partition coefficient (Wildman–Crippen LogP) is 2.93. The molecular weight excluding hydrogens is 264 g/mol. The van der Waals surface area contributed by atoms with Crippen LogP contribution >= 0.6 is 0 Å². The van der Waals surface area contributed by atoms with Crippen molar-refractivity contribution in [3.05, 3.63) is 71.3 Å². The molecule has 0 fully saturated rings. The highest BCUT2D eigenvalue weighted by Crippen LogP contribution is 2.42. The Morgan fingerprint density at radius 2 is 1.76 bits per heavy atom. The lowest BCUT2D eigenvalue weighted by Gasteiger charge is -2.26. The molecule has 3 nitrogen and oxygen atoms in total. The molecule has 0 radical (unpaired) electrons. The molecule has 2 aromatic rings. The van der Waals surface area contributed by atoms with Crippen molar-refractivity contribution < 1.29 is 14.3 Å². The number of hydrogen-bond acceptors (Lipinski definition) is 3. The maximum Gasteiger partial charge on any atom is 0.317 e. The third kappa shape index (κ3) is 2.15. The number of ketones is 1. The molecule has 0 aromatic heterocycles. The van der Waals surface area contributed by atoms with Crippen molar-refractivity contribution in [1.82, 2.24) is 0 Å². The molecule has 2 aromatic carbocycles. The van der Waals surface area contributed by atoms with Gasteiger partial charge in [0, 0.05) is 12.0 Å². The molecule has 3 heteroatoms. The molecular formula is C18H16O3. The van der Waals surface area contributed by atoms with Crippen LogP contribution in [0.25, 0.3) is 0 Å². The maximum absolute atomic E-state index is 12.5. The fourth-order valence-corrected chi connectivity index (χ4v) is 3.16. The van der Waals surface area contributed by atoms with Gasteiger partial charge in [-0.3, -0.25) is 9.59 Å². The highest BCUT2D eigenvalue weighted by molar-refractivity contribution is 6.08. The second-order valence-electron chi connectivity index (χ2n) is 5.38. The first-order valence-electron chi connectivity index (χ1n) is 6.92. The average Bonchev–Trinajstić information content (AvgIpc) is 2.81. The van der Waals surface area contributed by atoms with Gasteiger partial charge in [-0.05, 0) is 17.5 Å². The molecule has 0 N–H and O–H groups in total. The van der Waals surface area contributed by atoms with Crippen LogP contribution in [0.3, 0.4) is 0 Å². The van der Waals surface area contributed by atoms with E-state index >= 15 is 0 Å². The van der Waals surface area contributed by atoms with Gasteiger partial charge in [0.2, 0.25) is 0 Å². The third-order valence-electron chi connectivity index (χ3n) is 4.13. The van der Waals surface area contributed by atoms with E-state index in [1.165, 1.54) is 7.11 Å². The molecule has 1 aliphatic rings. The number of rotatable bonds is 3. The standard InChI is InChI=1S/C18H16O3/c1-21-17(20)18(11-13-7-3-2-4-8-13)12-16(19)14-9-5-6-10-15(14)18/h2-10H,11-12H2,1H3. The van der Waals surface area contributed by atoms with Gasteiger partial charge in [0.25, 0.3) is 0 Å². The van der Waals surface area contributed by atoms with E-state index in [1.54, 1.807) is 6.07 Å². The Kier molecular flexibility index (Phi) is 3.34. The summed E-state index contributed by atoms with van der Waals surface area (Å²) in [5.41, 5.74) is 1.54. The smallest absolute Gasteiger partial charge is 0.317 e. The molecule has 106 valence electrons. The van der Waals surface area contributed by atoms with Crippen molar-refractivity contribution in [2.75, 3.05) is 7.11 Å². The van der Waals surface area contributed by atoms with Crippen molar-refractivity contribution >= 4 is 11.8 Å². The lowest BCUT2D eigenvalue weighted by atomic mass is 9.76. The number of methoxy groups -OCH3 is 1. The number of ether oxygens (including phenoxy) is 1. The summed E-state index contributed by atoms with van der Waals surface area (Å²) >= 11 is 0. The van der Waals surface area contributed by atoms with E-state index in [2.05, 4.69) is 0 Å². The van der Waals surface area contributed by atoms with E-state index in [0.29, 0.717) is 12.0 Å². The van der Waals surface area contributed by atoms with E-state index < -0.39 is 5.41 Å². The molecule has 1 aliphatic carbocycles. The van der Waals surface area contributed by atoms with Gasteiger partial charge in [0.15, 0.2) is 5.78 Å². The first kappa shape index (κ1) is 13.6. The summed E-state index contributed by atoms with van der Waals surface area (Å²) < 4.78 is 5.02. The van der Waals surface area contributed by atoms with Gasteiger partial charge in [-0.2, -0.15) is 0 Å². The number of hydrogen-bond donors (Lipinski definition) is 0. The molecule has 0 heterocycles. The van der Waals surface area contributed by atoms with Gasteiger partial charge in [-0.25, -0.2) is 0 Å². The molecule has 0 amide bonds. The minimum Gasteiger partial charge on any atom is -0.468 e. The summed E-state index contributed by atoms with van der Waals surface area (Å²) in [5, 5.41) is 0. The number of esters is 1. The summed E-state index contributed by atoms with van der Waals surface area (Å²) in [4.78, 5) is 24.8. The zero-order valence-electron chi connectivity index (χ0n) is 11.8. The zero-order valence-corrected chi connectivity index (χ0v) is 11.8. The Labute approximate surface area is 123 Å². The van der Waals surface area contributed by atoms with Crippen LogP contribution in [-0.4, -0.2) is 18.9 Å². The Morgan fingerprint density at radius 3 is 2.48 bits per heavy atom. The van der Waals surface area contributed by atoms with Gasteiger partial charge in [-0.15, -0.1) is 0 Å². The molecule has 0 saturated heterocycles. The maximum atomic E-state index is 12.5. The van der Waals surface area contributed by atoms with E-state index in [4.69, 9.17) is 4.74 Å². The van der Waals surface area contributed by atoms with Crippen molar-refractivity contribution in [3.8, 4) is 0 Å². The van der Waals surface area contributed by atoms with Gasteiger partial charge in [0.1, 0.15) is 5.41 Å². The van der Waals surface area contributed by atoms with Crippen molar-refractivity contribution in [3.63, 3.8) is 0 Å². The van der Waals surface area contributed by atoms with Crippen molar-refractivity contribution in [2.45, 2.75) is 18.3 Å². The summed E-state index contributed by atoms with van der Waals surface area (Å²) in [6.07, 6.45) is 0.650. The number of fused-ring (bicyclic) bond motifs is 1. The van der Waals surface area contributed by atoms with Gasteiger partial charge >= 0.3 is 5.97 Å². The van der Waals surface area contributed by atoms with Gasteiger partial charge in [-0.1, -0.05) is 54.6 Å². The van der Waals surface area contributed by atoms with Crippen LogP contribution in [0.5, 0.6) is 0 Å². The lowest BCUT2D eigenvalue weighted by molar-refractivity contribution is -0.147. The number of carbonyl (C=O) groups is 2. The van der Waals surface area contributed by atoms with Gasteiger partial charge < -0.3 is 4.74 Å². The quantitative estimate of drug-likeness (QED) is 0.812. The molecule has 1 atom stereocenters. The minimum absolute atomic E-state index is 0.00642. The third-order valence-corrected chi connectivity index (χ3v) is 4.13. The zero-order chi connectivity index (χ0) is 14.9. The van der Waals surface area contributed by atoms with Crippen LogP contribution in [0, 0.1) is 0 Å². The lowest BCUT2D eigenvalue weighted by Crippen LogP contribution is -2.37. The Bertz CT molecular complexity index is 691. The fraction of sp³-hybridized carbons (Fsp3) is 0.222. The number of carbonyl (C=O) groups excluding carboxylic acids is 2. The Morgan fingerprint density at radius 1 is 1.10 bits per heavy atom. The Hall–Kier alpha value is -2.42. The molecule has 0 spiro atoms. The monoisotopic (exact) mass is 280 g/mol. The summed E-state index contributed by atoms with van der Waals surface area (Å²) in [5.74, 6) is -0.336. The first-order chi connectivity index (χ1) is 10.2. The predicted molar refractivity (Wildman–Crippen MR) is 79.2 cm³/mol. The van der Waals surface area contributed by atoms with Crippen LogP contribution < -0.4 is 0 Å². The highest BCUT2D eigenvalue weighted by atomic mass is 16.5. The minimum atomic E-state index is -0.899. The molecule has 0 bridgehead atoms. The molecule has 1 unspecified atom stereocenters. The molecule has 21 heavy (non-hydrogen) atoms. The summed E-state index contributed by atoms with van der Waals surface area (Å²) in [7, 11) is 1.38. The highest BCUT2D eigenvalue weighted by Gasteiger charge is 2.49. The second kappa shape index (κ2) is 5.17. The number of benzene rings is 2. The van der Waals surface area contributed by atoms with Crippen molar-refractivity contribution in [2.24, 2.45) is 0 Å². The van der Waals surface area contributed by atoms with Crippen molar-refractivity contribution in [1.29, 1.82) is 0 Å². The van der Waals surface area contributed by atoms with E-state index in [9.17, 15) is 9.59 Å². The van der Waals surface area contributed by atoms with E-state index in [1.807, 2.05) is 48.5 Å².